The smallest absolute Gasteiger partial charge is 0.254 e. The predicted molar refractivity (Wildman–Crippen MR) is 95.3 cm³/mol. The van der Waals surface area contributed by atoms with Crippen LogP contribution >= 0.6 is 0 Å². The van der Waals surface area contributed by atoms with Crippen molar-refractivity contribution in [2.24, 2.45) is 5.92 Å². The van der Waals surface area contributed by atoms with Gasteiger partial charge < -0.3 is 25.4 Å². The summed E-state index contributed by atoms with van der Waals surface area (Å²) in [4.78, 5) is 28.6. The van der Waals surface area contributed by atoms with Crippen molar-refractivity contribution >= 4 is 29.0 Å². The second-order valence-corrected chi connectivity index (χ2v) is 6.13. The summed E-state index contributed by atoms with van der Waals surface area (Å²) < 4.78 is 11.3. The Morgan fingerprint density at radius 2 is 2.12 bits per heavy atom. The zero-order valence-electron chi connectivity index (χ0n) is 14.4. The van der Waals surface area contributed by atoms with Crippen LogP contribution in [0.3, 0.4) is 0 Å². The molecule has 26 heavy (non-hydrogen) atoms. The number of nitrogens with one attached hydrogen (secondary N) is 3. The van der Waals surface area contributed by atoms with Crippen LogP contribution in [0.4, 0.5) is 17.2 Å². The lowest BCUT2D eigenvalue weighted by molar-refractivity contribution is -0.117. The molecule has 3 N–H and O–H groups in total. The largest absolute Gasteiger partial charge is 0.494 e. The maximum atomic E-state index is 12.2. The number of ether oxygens (including phenoxy) is 2. The molecule has 8 heteroatoms. The van der Waals surface area contributed by atoms with Crippen LogP contribution in [0.25, 0.3) is 0 Å². The molecule has 2 aromatic rings. The van der Waals surface area contributed by atoms with E-state index in [0.29, 0.717) is 34.2 Å². The van der Waals surface area contributed by atoms with Gasteiger partial charge in [-0.15, -0.1) is 0 Å². The molecular weight excluding hydrogens is 336 g/mol. The van der Waals surface area contributed by atoms with Gasteiger partial charge in [0.05, 0.1) is 12.7 Å². The van der Waals surface area contributed by atoms with Gasteiger partial charge in [0.15, 0.2) is 17.3 Å². The van der Waals surface area contributed by atoms with E-state index < -0.39 is 0 Å². The lowest BCUT2D eigenvalue weighted by Crippen LogP contribution is -2.22. The Bertz CT molecular complexity index is 908. The van der Waals surface area contributed by atoms with Crippen molar-refractivity contribution in [2.45, 2.75) is 12.8 Å². The molecule has 2 heterocycles. The number of hydrogen-bond donors (Lipinski definition) is 3. The molecule has 0 saturated heterocycles. The predicted octanol–water partition coefficient (Wildman–Crippen LogP) is 2.65. The number of para-hydroxylation sites is 1. The van der Waals surface area contributed by atoms with Crippen molar-refractivity contribution in [3.05, 3.63) is 30.0 Å². The highest BCUT2D eigenvalue weighted by atomic mass is 16.5. The average molecular weight is 354 g/mol. The molecule has 0 radical (unpaired) electrons. The average Bonchev–Trinajstić information content (AvgIpc) is 3.51. The molecule has 0 unspecified atom stereocenters. The third kappa shape index (κ3) is 2.69. The highest BCUT2D eigenvalue weighted by Gasteiger charge is 2.33. The number of rotatable bonds is 4. The van der Waals surface area contributed by atoms with Crippen LogP contribution in [0, 0.1) is 5.92 Å². The summed E-state index contributed by atoms with van der Waals surface area (Å²) in [6.07, 6.45) is 3.17. The molecule has 0 atom stereocenters. The topological polar surface area (TPSA) is 102 Å². The Kier molecular flexibility index (Phi) is 3.87. The third-order valence-electron chi connectivity index (χ3n) is 4.37. The van der Waals surface area contributed by atoms with Crippen LogP contribution in [0.15, 0.2) is 24.4 Å². The first kappa shape index (κ1) is 16.2. The van der Waals surface area contributed by atoms with Gasteiger partial charge in [-0.1, -0.05) is 6.07 Å². The molecule has 1 aromatic carbocycles. The third-order valence-corrected chi connectivity index (χ3v) is 4.37. The van der Waals surface area contributed by atoms with E-state index in [2.05, 4.69) is 20.9 Å². The quantitative estimate of drug-likeness (QED) is 0.666. The number of fused-ring (bicyclic) bond motifs is 2. The van der Waals surface area contributed by atoms with Gasteiger partial charge in [0.2, 0.25) is 5.91 Å². The van der Waals surface area contributed by atoms with Crippen molar-refractivity contribution in [1.29, 1.82) is 0 Å². The van der Waals surface area contributed by atoms with E-state index in [1.807, 2.05) is 0 Å². The fourth-order valence-corrected chi connectivity index (χ4v) is 2.80. The molecule has 1 fully saturated rings. The lowest BCUT2D eigenvalue weighted by Gasteiger charge is -2.26. The molecule has 2 amide bonds. The number of benzene rings is 1. The van der Waals surface area contributed by atoms with Crippen LogP contribution in [0.5, 0.6) is 17.2 Å². The number of pyridine rings is 1. The van der Waals surface area contributed by atoms with Gasteiger partial charge >= 0.3 is 0 Å². The lowest BCUT2D eigenvalue weighted by atomic mass is 10.1. The van der Waals surface area contributed by atoms with Gasteiger partial charge in [-0.05, 0) is 25.0 Å². The Labute approximate surface area is 149 Å². The zero-order chi connectivity index (χ0) is 18.3. The number of carbonyl (C=O) groups is 2. The van der Waals surface area contributed by atoms with E-state index in [4.69, 9.17) is 9.47 Å². The number of carbonyl (C=O) groups excluding carboxylic acids is 2. The molecule has 0 bridgehead atoms. The monoisotopic (exact) mass is 354 g/mol. The maximum Gasteiger partial charge on any atom is 0.254 e. The fraction of sp³-hybridized carbons (Fsp3) is 0.278. The zero-order valence-corrected chi connectivity index (χ0v) is 14.4. The first-order chi connectivity index (χ1) is 12.6. The van der Waals surface area contributed by atoms with E-state index in [9.17, 15) is 9.59 Å². The van der Waals surface area contributed by atoms with Crippen LogP contribution in [0.1, 0.15) is 23.2 Å². The Balaban J connectivity index is 1.80. The van der Waals surface area contributed by atoms with E-state index in [-0.39, 0.29) is 23.6 Å². The van der Waals surface area contributed by atoms with Gasteiger partial charge in [-0.2, -0.15) is 0 Å². The van der Waals surface area contributed by atoms with E-state index in [1.165, 1.54) is 13.2 Å². The van der Waals surface area contributed by atoms with Crippen molar-refractivity contribution in [3.63, 3.8) is 0 Å². The first-order valence-electron chi connectivity index (χ1n) is 8.30. The summed E-state index contributed by atoms with van der Waals surface area (Å²) in [5.74, 6) is 1.31. The molecule has 1 aromatic heterocycles. The minimum atomic E-state index is -0.316. The second kappa shape index (κ2) is 6.21. The number of nitrogens with zero attached hydrogens (tertiary/aromatic N) is 1. The number of hydrogen-bond acceptors (Lipinski definition) is 6. The summed E-state index contributed by atoms with van der Waals surface area (Å²) >= 11 is 0. The van der Waals surface area contributed by atoms with Crippen LogP contribution in [-0.4, -0.2) is 31.0 Å². The van der Waals surface area contributed by atoms with Gasteiger partial charge in [-0.25, -0.2) is 4.98 Å². The van der Waals surface area contributed by atoms with E-state index >= 15 is 0 Å². The fourth-order valence-electron chi connectivity index (χ4n) is 2.80. The summed E-state index contributed by atoms with van der Waals surface area (Å²) in [5.41, 5.74) is 1.35. The van der Waals surface area contributed by atoms with Gasteiger partial charge in [-0.3, -0.25) is 9.59 Å². The number of aromatic nitrogens is 1. The molecule has 8 nitrogen and oxygen atoms in total. The highest BCUT2D eigenvalue weighted by molar-refractivity contribution is 6.05. The number of amides is 2. The molecular formula is C18H18N4O4. The molecule has 4 rings (SSSR count). The Morgan fingerprint density at radius 3 is 2.81 bits per heavy atom. The van der Waals surface area contributed by atoms with Crippen LogP contribution in [0.2, 0.25) is 0 Å². The first-order valence-corrected chi connectivity index (χ1v) is 8.30. The Morgan fingerprint density at radius 1 is 1.31 bits per heavy atom. The van der Waals surface area contributed by atoms with Crippen LogP contribution in [-0.2, 0) is 4.79 Å². The summed E-state index contributed by atoms with van der Waals surface area (Å²) in [5, 5.41) is 8.58. The van der Waals surface area contributed by atoms with E-state index in [1.54, 1.807) is 25.3 Å². The standard InChI is InChI=1S/C18H18N4O4/c1-19-18(24)10-8-20-16(22-17(23)9-6-7-9)15-13(10)21-14-11(25-2)4-3-5-12(14)26-15/h3-5,8-9,21H,6-7H2,1-2H3,(H,19,24)(H,20,22,23). The summed E-state index contributed by atoms with van der Waals surface area (Å²) in [6.45, 7) is 0. The highest BCUT2D eigenvalue weighted by Crippen LogP contribution is 2.50. The SMILES string of the molecule is CNC(=O)c1cnc(NC(=O)C2CC2)c2c1Nc1c(OC)cccc1O2. The van der Waals surface area contributed by atoms with Crippen molar-refractivity contribution in [2.75, 3.05) is 24.8 Å². The second-order valence-electron chi connectivity index (χ2n) is 6.13. The molecule has 1 aliphatic carbocycles. The van der Waals surface area contributed by atoms with Crippen molar-refractivity contribution in [3.8, 4) is 17.2 Å². The molecule has 1 aliphatic heterocycles. The van der Waals surface area contributed by atoms with Gasteiger partial charge in [0.1, 0.15) is 17.1 Å². The molecule has 2 aliphatic rings. The normalized spacial score (nSPS) is 14.2. The Hall–Kier alpha value is -3.29. The summed E-state index contributed by atoms with van der Waals surface area (Å²) in [6, 6.07) is 5.35. The maximum absolute atomic E-state index is 12.2. The molecule has 134 valence electrons. The molecule has 0 spiro atoms. The van der Waals surface area contributed by atoms with Crippen LogP contribution < -0.4 is 25.4 Å². The number of anilines is 3. The minimum absolute atomic E-state index is 0.0231. The minimum Gasteiger partial charge on any atom is -0.494 e. The van der Waals surface area contributed by atoms with Gasteiger partial charge in [0.25, 0.3) is 5.91 Å². The summed E-state index contributed by atoms with van der Waals surface area (Å²) in [7, 11) is 3.09. The number of methoxy groups -OCH3 is 1. The van der Waals surface area contributed by atoms with Gasteiger partial charge in [0, 0.05) is 19.2 Å². The van der Waals surface area contributed by atoms with Crippen molar-refractivity contribution in [1.82, 2.24) is 10.3 Å². The van der Waals surface area contributed by atoms with E-state index in [0.717, 1.165) is 12.8 Å². The van der Waals surface area contributed by atoms with Crippen molar-refractivity contribution < 1.29 is 19.1 Å². The molecule has 1 saturated carbocycles.